The topological polar surface area (TPSA) is 133 Å². The summed E-state index contributed by atoms with van der Waals surface area (Å²) in [6.45, 7) is 6.07. The van der Waals surface area contributed by atoms with Crippen molar-refractivity contribution in [3.05, 3.63) is 69.3 Å². The van der Waals surface area contributed by atoms with Gasteiger partial charge >= 0.3 is 5.69 Å². The molecule has 1 saturated heterocycles. The third-order valence-electron chi connectivity index (χ3n) is 5.97. The molecule has 34 heavy (non-hydrogen) atoms. The van der Waals surface area contributed by atoms with Gasteiger partial charge in [-0.05, 0) is 49.0 Å². The third-order valence-corrected chi connectivity index (χ3v) is 5.97. The Kier molecular flexibility index (Phi) is 7.52. The average molecular weight is 469 g/mol. The second kappa shape index (κ2) is 10.3. The van der Waals surface area contributed by atoms with Gasteiger partial charge in [0.25, 0.3) is 11.7 Å². The van der Waals surface area contributed by atoms with Crippen LogP contribution in [0.15, 0.2) is 48.0 Å². The zero-order valence-corrected chi connectivity index (χ0v) is 19.2. The van der Waals surface area contributed by atoms with Gasteiger partial charge in [0.2, 0.25) is 0 Å². The molecule has 0 saturated carbocycles. The average Bonchev–Trinajstić information content (AvgIpc) is 3.09. The van der Waals surface area contributed by atoms with Crippen molar-refractivity contribution < 1.29 is 29.5 Å². The molecule has 1 fully saturated rings. The third kappa shape index (κ3) is 4.72. The van der Waals surface area contributed by atoms with Crippen LogP contribution >= 0.6 is 0 Å². The van der Waals surface area contributed by atoms with Crippen LogP contribution in [0.5, 0.6) is 11.5 Å². The van der Waals surface area contributed by atoms with Gasteiger partial charge in [-0.1, -0.05) is 19.9 Å². The normalized spacial score (nSPS) is 17.4. The molecule has 1 atom stereocenters. The number of ether oxygens (including phenoxy) is 1. The van der Waals surface area contributed by atoms with E-state index in [0.29, 0.717) is 17.9 Å². The van der Waals surface area contributed by atoms with Crippen LogP contribution in [0.2, 0.25) is 0 Å². The van der Waals surface area contributed by atoms with Crippen molar-refractivity contribution in [1.29, 1.82) is 0 Å². The van der Waals surface area contributed by atoms with Gasteiger partial charge in [-0.25, -0.2) is 0 Å². The number of carbonyl (C=O) groups excluding carboxylic acids is 2. The Morgan fingerprint density at radius 1 is 1.15 bits per heavy atom. The van der Waals surface area contributed by atoms with Crippen LogP contribution < -0.4 is 4.74 Å². The molecule has 1 heterocycles. The predicted octanol–water partition coefficient (Wildman–Crippen LogP) is 3.07. The lowest BCUT2D eigenvalue weighted by atomic mass is 9.94. The first-order valence-electron chi connectivity index (χ1n) is 10.9. The Balaban J connectivity index is 2.16. The first kappa shape index (κ1) is 24.7. The van der Waals surface area contributed by atoms with Gasteiger partial charge < -0.3 is 24.7 Å². The summed E-state index contributed by atoms with van der Waals surface area (Å²) in [5.41, 5.74) is -0.204. The number of aromatic hydroxyl groups is 1. The minimum absolute atomic E-state index is 0.172. The summed E-state index contributed by atoms with van der Waals surface area (Å²) in [7, 11) is 1.49. The summed E-state index contributed by atoms with van der Waals surface area (Å²) >= 11 is 0. The number of aliphatic hydroxyl groups is 1. The SMILES string of the molecule is CCN(CC)CCN1C(=O)C(=O)/C(=C(\O)c2ccc(OC)cc2)C1c1ccc(O)c([N+](=O)[O-])c1. The first-order valence-corrected chi connectivity index (χ1v) is 10.9. The molecule has 0 aliphatic carbocycles. The van der Waals surface area contributed by atoms with Crippen LogP contribution in [-0.2, 0) is 9.59 Å². The molecule has 0 spiro atoms. The van der Waals surface area contributed by atoms with E-state index in [2.05, 4.69) is 4.90 Å². The Morgan fingerprint density at radius 3 is 2.35 bits per heavy atom. The number of rotatable bonds is 9. The van der Waals surface area contributed by atoms with Crippen molar-refractivity contribution >= 4 is 23.1 Å². The van der Waals surface area contributed by atoms with E-state index in [4.69, 9.17) is 4.74 Å². The number of likely N-dealkylation sites (N-methyl/N-ethyl adjacent to an activating group) is 1. The number of amides is 1. The standard InChI is InChI=1S/C24H27N3O7/c1-4-25(5-2)12-13-26-21(16-8-11-19(28)18(14-16)27(32)33)20(23(30)24(26)31)22(29)15-6-9-17(34-3)10-7-15/h6-11,14,21,28-29H,4-5,12-13H2,1-3H3/b22-20-. The molecule has 2 N–H and O–H groups in total. The van der Waals surface area contributed by atoms with Gasteiger partial charge in [-0.2, -0.15) is 0 Å². The maximum Gasteiger partial charge on any atom is 0.311 e. The summed E-state index contributed by atoms with van der Waals surface area (Å²) in [4.78, 5) is 40.1. The highest BCUT2D eigenvalue weighted by molar-refractivity contribution is 6.46. The van der Waals surface area contributed by atoms with E-state index in [1.165, 1.54) is 18.1 Å². The minimum atomic E-state index is -1.06. The highest BCUT2D eigenvalue weighted by Gasteiger charge is 2.46. The molecule has 0 radical (unpaired) electrons. The maximum atomic E-state index is 13.1. The van der Waals surface area contributed by atoms with Crippen LogP contribution in [-0.4, -0.2) is 69.9 Å². The lowest BCUT2D eigenvalue weighted by molar-refractivity contribution is -0.385. The molecule has 0 aromatic heterocycles. The molecule has 2 aromatic carbocycles. The summed E-state index contributed by atoms with van der Waals surface area (Å²) < 4.78 is 5.12. The number of likely N-dealkylation sites (tertiary alicyclic amines) is 1. The zero-order valence-electron chi connectivity index (χ0n) is 19.2. The van der Waals surface area contributed by atoms with Gasteiger partial charge in [0, 0.05) is 24.7 Å². The number of phenolic OH excluding ortho intramolecular Hbond substituents is 1. The Bertz CT molecular complexity index is 1120. The fourth-order valence-corrected chi connectivity index (χ4v) is 4.01. The number of aliphatic hydroxyl groups excluding tert-OH is 1. The van der Waals surface area contributed by atoms with Gasteiger partial charge in [0.05, 0.1) is 23.6 Å². The van der Waals surface area contributed by atoms with E-state index in [0.717, 1.165) is 25.2 Å². The summed E-state index contributed by atoms with van der Waals surface area (Å²) in [5.74, 6) is -2.07. The number of benzene rings is 2. The molecule has 1 aliphatic rings. The molecule has 2 aromatic rings. The van der Waals surface area contributed by atoms with Crippen molar-refractivity contribution in [2.45, 2.75) is 19.9 Å². The Labute approximate surface area is 196 Å². The fraction of sp³-hybridized carbons (Fsp3) is 0.333. The Morgan fingerprint density at radius 2 is 1.79 bits per heavy atom. The molecule has 1 unspecified atom stereocenters. The summed E-state index contributed by atoms with van der Waals surface area (Å²) in [5, 5.41) is 32.4. The highest BCUT2D eigenvalue weighted by atomic mass is 16.6. The predicted molar refractivity (Wildman–Crippen MR) is 125 cm³/mol. The van der Waals surface area contributed by atoms with Crippen LogP contribution in [0.3, 0.4) is 0 Å². The maximum absolute atomic E-state index is 13.1. The van der Waals surface area contributed by atoms with E-state index in [-0.39, 0.29) is 17.7 Å². The van der Waals surface area contributed by atoms with Crippen LogP contribution in [0.1, 0.15) is 31.0 Å². The number of nitro groups is 1. The minimum Gasteiger partial charge on any atom is -0.507 e. The number of phenols is 1. The lowest BCUT2D eigenvalue weighted by Gasteiger charge is -2.28. The summed E-state index contributed by atoms with van der Waals surface area (Å²) in [6.07, 6.45) is 0. The highest BCUT2D eigenvalue weighted by Crippen LogP contribution is 2.41. The van der Waals surface area contributed by atoms with Gasteiger partial charge in [0.1, 0.15) is 11.5 Å². The molecule has 10 heteroatoms. The fourth-order valence-electron chi connectivity index (χ4n) is 4.01. The van der Waals surface area contributed by atoms with E-state index < -0.39 is 39.9 Å². The molecular weight excluding hydrogens is 442 g/mol. The number of Topliss-reactive ketones (excluding diaryl/α,β-unsaturated/α-hetero) is 1. The molecule has 0 bridgehead atoms. The molecule has 180 valence electrons. The molecular formula is C24H27N3O7. The molecule has 1 aliphatic heterocycles. The molecule has 3 rings (SSSR count). The van der Waals surface area contributed by atoms with E-state index in [9.17, 15) is 29.9 Å². The van der Waals surface area contributed by atoms with Gasteiger partial charge in [-0.3, -0.25) is 19.7 Å². The number of nitro benzene ring substituents is 1. The zero-order chi connectivity index (χ0) is 25.0. The number of carbonyl (C=O) groups is 2. The largest absolute Gasteiger partial charge is 0.507 e. The number of methoxy groups -OCH3 is 1. The molecule has 1 amide bonds. The quantitative estimate of drug-likeness (QED) is 0.188. The van der Waals surface area contributed by atoms with Crippen LogP contribution in [0, 0.1) is 10.1 Å². The smallest absolute Gasteiger partial charge is 0.311 e. The number of hydrogen-bond acceptors (Lipinski definition) is 8. The second-order valence-electron chi connectivity index (χ2n) is 7.75. The Hall–Kier alpha value is -3.92. The van der Waals surface area contributed by atoms with Gasteiger partial charge in [0.15, 0.2) is 5.75 Å². The van der Waals surface area contributed by atoms with E-state index in [1.54, 1.807) is 24.3 Å². The van der Waals surface area contributed by atoms with Crippen LogP contribution in [0.25, 0.3) is 5.76 Å². The number of ketones is 1. The van der Waals surface area contributed by atoms with Crippen molar-refractivity contribution in [3.8, 4) is 11.5 Å². The first-order chi connectivity index (χ1) is 16.2. The van der Waals surface area contributed by atoms with Crippen molar-refractivity contribution in [1.82, 2.24) is 9.80 Å². The number of nitrogens with zero attached hydrogens (tertiary/aromatic N) is 3. The van der Waals surface area contributed by atoms with Crippen molar-refractivity contribution in [2.24, 2.45) is 0 Å². The summed E-state index contributed by atoms with van der Waals surface area (Å²) in [6, 6.07) is 8.92. The van der Waals surface area contributed by atoms with E-state index in [1.807, 2.05) is 13.8 Å². The van der Waals surface area contributed by atoms with Crippen molar-refractivity contribution in [2.75, 3.05) is 33.3 Å². The second-order valence-corrected chi connectivity index (χ2v) is 7.75. The monoisotopic (exact) mass is 469 g/mol. The lowest BCUT2D eigenvalue weighted by Crippen LogP contribution is -2.38. The van der Waals surface area contributed by atoms with Gasteiger partial charge in [-0.15, -0.1) is 0 Å². The number of hydrogen-bond donors (Lipinski definition) is 2. The van der Waals surface area contributed by atoms with Crippen LogP contribution in [0.4, 0.5) is 5.69 Å². The van der Waals surface area contributed by atoms with E-state index >= 15 is 0 Å². The van der Waals surface area contributed by atoms with Crippen molar-refractivity contribution in [3.63, 3.8) is 0 Å². The molecule has 10 nitrogen and oxygen atoms in total.